The number of halogens is 4. The summed E-state index contributed by atoms with van der Waals surface area (Å²) in [6, 6.07) is 2.29. The lowest BCUT2D eigenvalue weighted by atomic mass is 9.99. The summed E-state index contributed by atoms with van der Waals surface area (Å²) in [5.41, 5.74) is 6.92. The van der Waals surface area contributed by atoms with Crippen LogP contribution in [0.25, 0.3) is 0 Å². The molecule has 2 N–H and O–H groups in total. The number of likely N-dealkylation sites (tertiary alicyclic amines) is 1. The minimum Gasteiger partial charge on any atom is -0.481 e. The molecule has 4 nitrogen and oxygen atoms in total. The summed E-state index contributed by atoms with van der Waals surface area (Å²) in [7, 11) is 0. The van der Waals surface area contributed by atoms with E-state index in [4.69, 9.17) is 16.7 Å². The number of alkyl halides is 3. The topological polar surface area (TPSA) is 52.6 Å². The van der Waals surface area contributed by atoms with Crippen molar-refractivity contribution in [3.05, 3.63) is 69.2 Å². The highest BCUT2D eigenvalue weighted by atomic mass is 35.5. The number of benzene rings is 1. The van der Waals surface area contributed by atoms with Crippen molar-refractivity contribution < 1.29 is 23.1 Å². The summed E-state index contributed by atoms with van der Waals surface area (Å²) in [4.78, 5) is 12.8. The van der Waals surface area contributed by atoms with Gasteiger partial charge in [0.25, 0.3) is 0 Å². The second-order valence-electron chi connectivity index (χ2n) is 6.90. The number of hydrogen-bond donors (Lipinski definition) is 2. The van der Waals surface area contributed by atoms with Gasteiger partial charge in [0.1, 0.15) is 6.04 Å². The lowest BCUT2D eigenvalue weighted by molar-refractivity contribution is -0.155. The third-order valence-electron chi connectivity index (χ3n) is 4.65. The second kappa shape index (κ2) is 7.90. The molecule has 2 aliphatic rings. The Hall–Kier alpha value is -2.43. The highest BCUT2D eigenvalue weighted by molar-refractivity contribution is 6.31. The predicted octanol–water partition coefficient (Wildman–Crippen LogP) is 3.99. The number of carboxylic acid groups (broad SMARTS) is 1. The van der Waals surface area contributed by atoms with Crippen molar-refractivity contribution in [3.63, 3.8) is 0 Å². The van der Waals surface area contributed by atoms with Gasteiger partial charge in [-0.25, -0.2) is 0 Å². The number of aliphatic carboxylic acids is 1. The first-order valence-electron chi connectivity index (χ1n) is 8.60. The number of rotatable bonds is 6. The van der Waals surface area contributed by atoms with E-state index in [1.165, 1.54) is 18.2 Å². The quantitative estimate of drug-likeness (QED) is 0.696. The van der Waals surface area contributed by atoms with Crippen LogP contribution in [-0.4, -0.2) is 41.8 Å². The molecule has 0 bridgehead atoms. The summed E-state index contributed by atoms with van der Waals surface area (Å²) in [5.74, 6) is -1.22. The van der Waals surface area contributed by atoms with Gasteiger partial charge in [-0.15, -0.1) is 0 Å². The van der Waals surface area contributed by atoms with E-state index >= 15 is 0 Å². The third kappa shape index (κ3) is 4.70. The number of carbonyl (C=O) groups is 1. The standard InChI is InChI=1S/C20H18ClF3N2O2/c1-12-7-14(5-6-17(12)21)18(20(22,23)24)25-16-4-2-3-13(8-16)9-26-10-15(11-26)19(27)28/h3,5-8,15,18,25H,9-11H2,1H3,(H,27,28)/t18-/m0/s1. The minimum atomic E-state index is -4.52. The van der Waals surface area contributed by atoms with Gasteiger partial charge >= 0.3 is 12.1 Å². The Kier molecular flexibility index (Phi) is 5.73. The van der Waals surface area contributed by atoms with E-state index < -0.39 is 18.2 Å². The molecule has 148 valence electrons. The maximum Gasteiger partial charge on any atom is 0.412 e. The Labute approximate surface area is 165 Å². The van der Waals surface area contributed by atoms with E-state index in [0.29, 0.717) is 30.2 Å². The maximum absolute atomic E-state index is 13.6. The molecule has 1 aliphatic heterocycles. The van der Waals surface area contributed by atoms with Crippen LogP contribution in [0, 0.1) is 12.8 Å². The van der Waals surface area contributed by atoms with Crippen molar-refractivity contribution >= 4 is 17.6 Å². The Morgan fingerprint density at radius 1 is 1.43 bits per heavy atom. The van der Waals surface area contributed by atoms with Crippen LogP contribution >= 0.6 is 11.6 Å². The molecule has 8 heteroatoms. The second-order valence-corrected chi connectivity index (χ2v) is 7.31. The molecule has 1 aromatic rings. The number of aryl methyl sites for hydroxylation is 1. The maximum atomic E-state index is 13.6. The van der Waals surface area contributed by atoms with Crippen LogP contribution in [0.4, 0.5) is 13.2 Å². The average Bonchev–Trinajstić information content (AvgIpc) is 2.57. The van der Waals surface area contributed by atoms with Crippen molar-refractivity contribution in [2.45, 2.75) is 19.1 Å². The molecule has 0 radical (unpaired) electrons. The summed E-state index contributed by atoms with van der Waals surface area (Å²) in [6.45, 7) is 2.94. The first-order chi connectivity index (χ1) is 13.1. The largest absolute Gasteiger partial charge is 0.481 e. The molecule has 1 fully saturated rings. The van der Waals surface area contributed by atoms with E-state index in [0.717, 1.165) is 5.57 Å². The molecule has 1 saturated heterocycles. The van der Waals surface area contributed by atoms with Crippen LogP contribution in [-0.2, 0) is 4.79 Å². The number of hydrogen-bond acceptors (Lipinski definition) is 3. The van der Waals surface area contributed by atoms with Gasteiger partial charge in [-0.2, -0.15) is 13.2 Å². The fourth-order valence-electron chi connectivity index (χ4n) is 3.11. The van der Waals surface area contributed by atoms with Gasteiger partial charge in [0.05, 0.1) is 11.6 Å². The van der Waals surface area contributed by atoms with Crippen molar-refractivity contribution in [2.75, 3.05) is 19.6 Å². The van der Waals surface area contributed by atoms with Crippen LogP contribution in [0.3, 0.4) is 0 Å². The van der Waals surface area contributed by atoms with Gasteiger partial charge in [0.2, 0.25) is 0 Å². The first-order valence-corrected chi connectivity index (χ1v) is 8.98. The van der Waals surface area contributed by atoms with Gasteiger partial charge < -0.3 is 10.4 Å². The molecule has 1 atom stereocenters. The zero-order chi connectivity index (χ0) is 20.5. The molecule has 1 aromatic carbocycles. The number of allylic oxidation sites excluding steroid dienone is 1. The molecule has 0 saturated carbocycles. The highest BCUT2D eigenvalue weighted by Crippen LogP contribution is 2.35. The van der Waals surface area contributed by atoms with E-state index in [-0.39, 0.29) is 17.2 Å². The van der Waals surface area contributed by atoms with Crippen LogP contribution < -0.4 is 5.32 Å². The molecule has 0 unspecified atom stereocenters. The van der Waals surface area contributed by atoms with Crippen LogP contribution in [0.15, 0.2) is 53.1 Å². The molecular weight excluding hydrogens is 393 g/mol. The van der Waals surface area contributed by atoms with Gasteiger partial charge in [-0.1, -0.05) is 29.5 Å². The van der Waals surface area contributed by atoms with Crippen LogP contribution in [0.5, 0.6) is 0 Å². The predicted molar refractivity (Wildman–Crippen MR) is 98.9 cm³/mol. The van der Waals surface area contributed by atoms with E-state index in [9.17, 15) is 18.0 Å². The normalized spacial score (nSPS) is 18.3. The molecule has 1 heterocycles. The van der Waals surface area contributed by atoms with Gasteiger partial charge in [0.15, 0.2) is 0 Å². The Morgan fingerprint density at radius 2 is 2.14 bits per heavy atom. The van der Waals surface area contributed by atoms with Gasteiger partial charge in [-0.3, -0.25) is 9.69 Å². The molecule has 1 aliphatic carbocycles. The molecular formula is C20H18ClF3N2O2. The lowest BCUT2D eigenvalue weighted by Gasteiger charge is -2.36. The lowest BCUT2D eigenvalue weighted by Crippen LogP contribution is -2.50. The molecule has 0 spiro atoms. The summed E-state index contributed by atoms with van der Waals surface area (Å²) < 4.78 is 40.9. The zero-order valence-corrected chi connectivity index (χ0v) is 15.7. The number of carboxylic acids is 1. The van der Waals surface area contributed by atoms with Crippen molar-refractivity contribution in [2.24, 2.45) is 5.92 Å². The van der Waals surface area contributed by atoms with Gasteiger partial charge in [-0.05, 0) is 47.6 Å². The van der Waals surface area contributed by atoms with Crippen molar-refractivity contribution in [1.82, 2.24) is 10.2 Å². The Bertz CT molecular complexity index is 920. The molecule has 0 amide bonds. The van der Waals surface area contributed by atoms with E-state index in [1.807, 2.05) is 4.90 Å². The Balaban J connectivity index is 1.73. The monoisotopic (exact) mass is 410 g/mol. The number of nitrogens with one attached hydrogen (secondary N) is 1. The van der Waals surface area contributed by atoms with Gasteiger partial charge in [0, 0.05) is 24.7 Å². The Morgan fingerprint density at radius 3 is 2.75 bits per heavy atom. The van der Waals surface area contributed by atoms with Crippen molar-refractivity contribution in [1.29, 1.82) is 0 Å². The number of nitrogens with zero attached hydrogens (tertiary/aromatic N) is 1. The third-order valence-corrected chi connectivity index (χ3v) is 5.07. The summed E-state index contributed by atoms with van der Waals surface area (Å²) in [6.07, 6.45) is -1.31. The molecule has 3 rings (SSSR count). The van der Waals surface area contributed by atoms with Crippen LogP contribution in [0.1, 0.15) is 17.2 Å². The smallest absolute Gasteiger partial charge is 0.412 e. The minimum absolute atomic E-state index is 0.0558. The summed E-state index contributed by atoms with van der Waals surface area (Å²) >= 11 is 5.92. The molecule has 28 heavy (non-hydrogen) atoms. The first kappa shape index (κ1) is 20.3. The SMILES string of the molecule is Cc1cc([C@H](NC2=C=C=CC(CN3CC(C(=O)O)C3)=C2)C(F)(F)F)ccc1Cl. The summed E-state index contributed by atoms with van der Waals surface area (Å²) in [5, 5.41) is 11.8. The average molecular weight is 411 g/mol. The van der Waals surface area contributed by atoms with Crippen molar-refractivity contribution in [3.8, 4) is 0 Å². The van der Waals surface area contributed by atoms with Crippen LogP contribution in [0.2, 0.25) is 5.02 Å². The highest BCUT2D eigenvalue weighted by Gasteiger charge is 2.41. The molecule has 0 aromatic heterocycles. The zero-order valence-electron chi connectivity index (χ0n) is 15.0. The fraction of sp³-hybridized carbons (Fsp3) is 0.350. The van der Waals surface area contributed by atoms with E-state index in [1.54, 1.807) is 19.1 Å². The van der Waals surface area contributed by atoms with E-state index in [2.05, 4.69) is 16.8 Å². The fourth-order valence-corrected chi connectivity index (χ4v) is 3.23.